The van der Waals surface area contributed by atoms with Crippen LogP contribution in [0.15, 0.2) is 84.3 Å². The molecule has 8 heteroatoms. The molecule has 0 radical (unpaired) electrons. The molecule has 6 nitrogen and oxygen atoms in total. The van der Waals surface area contributed by atoms with Gasteiger partial charge in [0.2, 0.25) is 11.1 Å². The molecule has 0 unspecified atom stereocenters. The van der Waals surface area contributed by atoms with Gasteiger partial charge in [0.25, 0.3) is 0 Å². The van der Waals surface area contributed by atoms with Crippen molar-refractivity contribution in [2.75, 3.05) is 11.1 Å². The van der Waals surface area contributed by atoms with E-state index in [0.717, 1.165) is 11.4 Å². The lowest BCUT2D eigenvalue weighted by atomic mass is 10.1. The van der Waals surface area contributed by atoms with Gasteiger partial charge in [0, 0.05) is 24.5 Å². The lowest BCUT2D eigenvalue weighted by Crippen LogP contribution is -2.16. The Balaban J connectivity index is 1.49. The van der Waals surface area contributed by atoms with Crippen molar-refractivity contribution in [2.24, 2.45) is 0 Å². The van der Waals surface area contributed by atoms with Gasteiger partial charge < -0.3 is 5.32 Å². The zero-order valence-electron chi connectivity index (χ0n) is 15.4. The summed E-state index contributed by atoms with van der Waals surface area (Å²) in [7, 11) is 0. The molecule has 0 saturated carbocycles. The van der Waals surface area contributed by atoms with E-state index < -0.39 is 0 Å². The Hall–Kier alpha value is -3.39. The van der Waals surface area contributed by atoms with Crippen LogP contribution in [0.1, 0.15) is 11.4 Å². The summed E-state index contributed by atoms with van der Waals surface area (Å²) in [5.74, 6) is 0.382. The average molecular weight is 407 g/mol. The number of hydrogen-bond donors (Lipinski definition) is 1. The summed E-state index contributed by atoms with van der Waals surface area (Å²) in [6.45, 7) is 0. The Kier molecular flexibility index (Phi) is 5.71. The first-order valence-corrected chi connectivity index (χ1v) is 9.98. The van der Waals surface area contributed by atoms with E-state index in [1.165, 1.54) is 36.0 Å². The SMILES string of the molecule is O=C(CSc1nnc(Cc2ccccc2)n1-n1cccc1)Nc1ccc(F)cc1. The van der Waals surface area contributed by atoms with Crippen molar-refractivity contribution in [3.8, 4) is 0 Å². The third kappa shape index (κ3) is 4.72. The molecule has 2 aromatic carbocycles. The van der Waals surface area contributed by atoms with E-state index in [9.17, 15) is 9.18 Å². The zero-order chi connectivity index (χ0) is 20.1. The molecule has 0 fully saturated rings. The fourth-order valence-corrected chi connectivity index (χ4v) is 3.58. The van der Waals surface area contributed by atoms with Gasteiger partial charge in [-0.1, -0.05) is 42.1 Å². The molecule has 2 aromatic heterocycles. The Morgan fingerprint density at radius 3 is 2.41 bits per heavy atom. The van der Waals surface area contributed by atoms with Crippen LogP contribution in [0.5, 0.6) is 0 Å². The number of nitrogens with zero attached hydrogens (tertiary/aromatic N) is 4. The first-order chi connectivity index (χ1) is 14.2. The zero-order valence-corrected chi connectivity index (χ0v) is 16.2. The third-order valence-electron chi connectivity index (χ3n) is 4.16. The summed E-state index contributed by atoms with van der Waals surface area (Å²) in [5.41, 5.74) is 1.67. The van der Waals surface area contributed by atoms with Gasteiger partial charge >= 0.3 is 0 Å². The molecule has 146 valence electrons. The number of nitrogens with one attached hydrogen (secondary N) is 1. The van der Waals surface area contributed by atoms with Gasteiger partial charge in [0.05, 0.1) is 5.75 Å². The van der Waals surface area contributed by atoms with Crippen LogP contribution in [0.3, 0.4) is 0 Å². The van der Waals surface area contributed by atoms with Gasteiger partial charge in [0.15, 0.2) is 5.82 Å². The summed E-state index contributed by atoms with van der Waals surface area (Å²) < 4.78 is 16.8. The van der Waals surface area contributed by atoms with Gasteiger partial charge in [0.1, 0.15) is 5.82 Å². The highest BCUT2D eigenvalue weighted by Gasteiger charge is 2.16. The molecule has 4 rings (SSSR count). The number of benzene rings is 2. The van der Waals surface area contributed by atoms with Crippen LogP contribution in [0.25, 0.3) is 0 Å². The maximum absolute atomic E-state index is 13.0. The number of anilines is 1. The topological polar surface area (TPSA) is 64.7 Å². The highest BCUT2D eigenvalue weighted by Crippen LogP contribution is 2.20. The minimum Gasteiger partial charge on any atom is -0.325 e. The average Bonchev–Trinajstić information content (AvgIpc) is 3.39. The van der Waals surface area contributed by atoms with Gasteiger partial charge in [-0.25, -0.2) is 9.07 Å². The van der Waals surface area contributed by atoms with Crippen molar-refractivity contribution in [3.63, 3.8) is 0 Å². The largest absolute Gasteiger partial charge is 0.325 e. The Morgan fingerprint density at radius 1 is 0.966 bits per heavy atom. The third-order valence-corrected chi connectivity index (χ3v) is 5.08. The van der Waals surface area contributed by atoms with Crippen molar-refractivity contribution < 1.29 is 9.18 Å². The standard InChI is InChI=1S/C21H18FN5OS/c22-17-8-10-18(11-9-17)23-20(28)15-29-21-25-24-19(14-16-6-2-1-3-7-16)27(21)26-12-4-5-13-26/h1-13H,14-15H2,(H,23,28). The summed E-state index contributed by atoms with van der Waals surface area (Å²) >= 11 is 1.29. The van der Waals surface area contributed by atoms with Crippen LogP contribution in [0, 0.1) is 5.82 Å². The molecule has 0 aliphatic heterocycles. The van der Waals surface area contributed by atoms with Crippen LogP contribution in [0.2, 0.25) is 0 Å². The van der Waals surface area contributed by atoms with Gasteiger partial charge in [-0.2, -0.15) is 0 Å². The lowest BCUT2D eigenvalue weighted by Gasteiger charge is -2.11. The molecule has 29 heavy (non-hydrogen) atoms. The molecule has 4 aromatic rings. The lowest BCUT2D eigenvalue weighted by molar-refractivity contribution is -0.113. The quantitative estimate of drug-likeness (QED) is 0.473. The van der Waals surface area contributed by atoms with E-state index in [4.69, 9.17) is 0 Å². The molecule has 0 spiro atoms. The smallest absolute Gasteiger partial charge is 0.234 e. The first kappa shape index (κ1) is 18.9. The fourth-order valence-electron chi connectivity index (χ4n) is 2.83. The van der Waals surface area contributed by atoms with Crippen molar-refractivity contribution in [1.82, 2.24) is 19.5 Å². The van der Waals surface area contributed by atoms with Gasteiger partial charge in [-0.3, -0.25) is 9.47 Å². The number of amides is 1. The van der Waals surface area contributed by atoms with E-state index in [-0.39, 0.29) is 17.5 Å². The first-order valence-electron chi connectivity index (χ1n) is 8.99. The molecular weight excluding hydrogens is 389 g/mol. The summed E-state index contributed by atoms with van der Waals surface area (Å²) in [6.07, 6.45) is 4.43. The minimum atomic E-state index is -0.344. The maximum Gasteiger partial charge on any atom is 0.234 e. The molecule has 2 heterocycles. The number of carbonyl (C=O) groups excluding carboxylic acids is 1. The minimum absolute atomic E-state index is 0.155. The molecule has 0 atom stereocenters. The van der Waals surface area contributed by atoms with Crippen LogP contribution in [-0.4, -0.2) is 31.2 Å². The molecule has 0 aliphatic rings. The number of hydrogen-bond acceptors (Lipinski definition) is 4. The second-order valence-corrected chi connectivity index (χ2v) is 7.22. The fraction of sp³-hybridized carbons (Fsp3) is 0.0952. The molecule has 1 amide bonds. The Morgan fingerprint density at radius 2 is 1.69 bits per heavy atom. The normalized spacial score (nSPS) is 10.8. The van der Waals surface area contributed by atoms with Crippen LogP contribution < -0.4 is 5.32 Å². The van der Waals surface area contributed by atoms with Crippen LogP contribution in [-0.2, 0) is 11.2 Å². The molecule has 0 aliphatic carbocycles. The van der Waals surface area contributed by atoms with Gasteiger partial charge in [-0.15, -0.1) is 10.2 Å². The van der Waals surface area contributed by atoms with E-state index in [1.807, 2.05) is 64.2 Å². The highest BCUT2D eigenvalue weighted by atomic mass is 32.2. The molecule has 0 saturated heterocycles. The molecular formula is C21H18FN5OS. The van der Waals surface area contributed by atoms with E-state index in [0.29, 0.717) is 17.3 Å². The predicted octanol–water partition coefficient (Wildman–Crippen LogP) is 3.85. The summed E-state index contributed by atoms with van der Waals surface area (Å²) in [5, 5.41) is 12.0. The van der Waals surface area contributed by atoms with E-state index in [2.05, 4.69) is 15.5 Å². The monoisotopic (exact) mass is 407 g/mol. The van der Waals surface area contributed by atoms with Crippen molar-refractivity contribution >= 4 is 23.4 Å². The highest BCUT2D eigenvalue weighted by molar-refractivity contribution is 7.99. The number of halogens is 1. The van der Waals surface area contributed by atoms with Gasteiger partial charge in [-0.05, 0) is 42.0 Å². The Labute approximate surface area is 171 Å². The van der Waals surface area contributed by atoms with Crippen LogP contribution >= 0.6 is 11.8 Å². The van der Waals surface area contributed by atoms with Crippen molar-refractivity contribution in [1.29, 1.82) is 0 Å². The van der Waals surface area contributed by atoms with Crippen LogP contribution in [0.4, 0.5) is 10.1 Å². The maximum atomic E-state index is 13.0. The van der Waals surface area contributed by atoms with Crippen molar-refractivity contribution in [2.45, 2.75) is 11.6 Å². The van der Waals surface area contributed by atoms with E-state index >= 15 is 0 Å². The summed E-state index contributed by atoms with van der Waals surface area (Å²) in [4.78, 5) is 12.3. The second kappa shape index (κ2) is 8.74. The van der Waals surface area contributed by atoms with Crippen molar-refractivity contribution in [3.05, 3.63) is 96.3 Å². The number of aromatic nitrogens is 4. The number of thioether (sulfide) groups is 1. The molecule has 0 bridgehead atoms. The number of rotatable bonds is 7. The Bertz CT molecular complexity index is 1080. The van der Waals surface area contributed by atoms with E-state index in [1.54, 1.807) is 0 Å². The second-order valence-electron chi connectivity index (χ2n) is 6.28. The predicted molar refractivity (Wildman–Crippen MR) is 110 cm³/mol. The summed E-state index contributed by atoms with van der Waals surface area (Å²) in [6, 6.07) is 19.5. The number of carbonyl (C=O) groups is 1. The molecule has 1 N–H and O–H groups in total.